The van der Waals surface area contributed by atoms with Gasteiger partial charge in [0.15, 0.2) is 0 Å². The standard InChI is InChI=1S/C21H29N5/c1-2-3-10-24-11-9-20-18(17-24)16-22-21(23-20)26-14-12-25(13-15-26)19-7-5-4-6-8-19/h4-8,16H,2-3,9-15,17H2,1H3. The molecule has 5 nitrogen and oxygen atoms in total. The monoisotopic (exact) mass is 351 g/mol. The second-order valence-electron chi connectivity index (χ2n) is 7.33. The number of unbranched alkanes of at least 4 members (excludes halogenated alkanes) is 1. The largest absolute Gasteiger partial charge is 0.368 e. The van der Waals surface area contributed by atoms with Crippen molar-refractivity contribution < 1.29 is 0 Å². The molecule has 2 aliphatic rings. The molecule has 0 unspecified atom stereocenters. The number of fused-ring (bicyclic) bond motifs is 1. The second-order valence-corrected chi connectivity index (χ2v) is 7.33. The van der Waals surface area contributed by atoms with Crippen LogP contribution in [0.25, 0.3) is 0 Å². The first-order chi connectivity index (χ1) is 12.8. The number of anilines is 2. The molecule has 0 N–H and O–H groups in total. The summed E-state index contributed by atoms with van der Waals surface area (Å²) < 4.78 is 0. The minimum atomic E-state index is 0.915. The summed E-state index contributed by atoms with van der Waals surface area (Å²) in [6.45, 7) is 9.60. The predicted molar refractivity (Wildman–Crippen MR) is 107 cm³/mol. The normalized spacial score (nSPS) is 18.0. The quantitative estimate of drug-likeness (QED) is 0.828. The van der Waals surface area contributed by atoms with Crippen molar-refractivity contribution in [3.05, 3.63) is 47.8 Å². The van der Waals surface area contributed by atoms with E-state index in [0.29, 0.717) is 0 Å². The third-order valence-electron chi connectivity index (χ3n) is 5.51. The Balaban J connectivity index is 1.38. The molecule has 0 saturated carbocycles. The highest BCUT2D eigenvalue weighted by molar-refractivity contribution is 5.48. The highest BCUT2D eigenvalue weighted by Gasteiger charge is 2.22. The van der Waals surface area contributed by atoms with Gasteiger partial charge in [-0.1, -0.05) is 31.5 Å². The molecule has 0 bridgehead atoms. The Morgan fingerprint density at radius 2 is 1.73 bits per heavy atom. The molecule has 0 atom stereocenters. The average Bonchev–Trinajstić information content (AvgIpc) is 2.72. The third kappa shape index (κ3) is 3.83. The van der Waals surface area contributed by atoms with Crippen LogP contribution in [0, 0.1) is 0 Å². The van der Waals surface area contributed by atoms with Crippen molar-refractivity contribution in [2.24, 2.45) is 0 Å². The average molecular weight is 351 g/mol. The number of aromatic nitrogens is 2. The Labute approximate surface area is 156 Å². The van der Waals surface area contributed by atoms with Crippen molar-refractivity contribution in [3.63, 3.8) is 0 Å². The molecule has 138 valence electrons. The van der Waals surface area contributed by atoms with Crippen LogP contribution in [0.2, 0.25) is 0 Å². The number of rotatable bonds is 5. The maximum Gasteiger partial charge on any atom is 0.225 e. The first kappa shape index (κ1) is 17.3. The fourth-order valence-electron chi connectivity index (χ4n) is 3.89. The Kier molecular flexibility index (Phi) is 5.34. The van der Waals surface area contributed by atoms with Crippen molar-refractivity contribution in [1.29, 1.82) is 0 Å². The van der Waals surface area contributed by atoms with Crippen molar-refractivity contribution in [2.75, 3.05) is 49.1 Å². The van der Waals surface area contributed by atoms with E-state index in [1.54, 1.807) is 0 Å². The van der Waals surface area contributed by atoms with Crippen molar-refractivity contribution in [2.45, 2.75) is 32.7 Å². The van der Waals surface area contributed by atoms with Gasteiger partial charge in [0.2, 0.25) is 5.95 Å². The van der Waals surface area contributed by atoms with Crippen LogP contribution in [0.4, 0.5) is 11.6 Å². The van der Waals surface area contributed by atoms with Crippen LogP contribution >= 0.6 is 0 Å². The zero-order chi connectivity index (χ0) is 17.8. The number of piperazine rings is 1. The van der Waals surface area contributed by atoms with E-state index in [9.17, 15) is 0 Å². The second kappa shape index (κ2) is 8.04. The van der Waals surface area contributed by atoms with Gasteiger partial charge in [-0.05, 0) is 25.1 Å². The molecule has 1 aromatic heterocycles. The van der Waals surface area contributed by atoms with Gasteiger partial charge >= 0.3 is 0 Å². The molecule has 0 radical (unpaired) electrons. The molecule has 1 aromatic carbocycles. The van der Waals surface area contributed by atoms with Gasteiger partial charge in [-0.25, -0.2) is 9.97 Å². The molecule has 1 fully saturated rings. The molecule has 0 amide bonds. The minimum Gasteiger partial charge on any atom is -0.368 e. The van der Waals surface area contributed by atoms with E-state index in [0.717, 1.165) is 51.6 Å². The molecular formula is C21H29N5. The van der Waals surface area contributed by atoms with E-state index in [-0.39, 0.29) is 0 Å². The van der Waals surface area contributed by atoms with Crippen LogP contribution in [0.15, 0.2) is 36.5 Å². The van der Waals surface area contributed by atoms with Gasteiger partial charge in [0.05, 0.1) is 5.69 Å². The van der Waals surface area contributed by atoms with Gasteiger partial charge in [-0.2, -0.15) is 0 Å². The summed E-state index contributed by atoms with van der Waals surface area (Å²) in [5, 5.41) is 0. The molecule has 5 heteroatoms. The Bertz CT molecular complexity index is 710. The topological polar surface area (TPSA) is 35.5 Å². The van der Waals surface area contributed by atoms with Crippen LogP contribution in [-0.2, 0) is 13.0 Å². The number of para-hydroxylation sites is 1. The maximum atomic E-state index is 4.92. The predicted octanol–water partition coefficient (Wildman–Crippen LogP) is 2.96. The first-order valence-corrected chi connectivity index (χ1v) is 9.95. The molecule has 3 heterocycles. The van der Waals surface area contributed by atoms with E-state index >= 15 is 0 Å². The summed E-state index contributed by atoms with van der Waals surface area (Å²) in [6, 6.07) is 10.7. The smallest absolute Gasteiger partial charge is 0.225 e. The first-order valence-electron chi connectivity index (χ1n) is 9.95. The van der Waals surface area contributed by atoms with Crippen LogP contribution in [0.5, 0.6) is 0 Å². The Hall–Kier alpha value is -2.14. The van der Waals surface area contributed by atoms with E-state index < -0.39 is 0 Å². The molecule has 2 aromatic rings. The fraction of sp³-hybridized carbons (Fsp3) is 0.524. The zero-order valence-corrected chi connectivity index (χ0v) is 15.8. The lowest BCUT2D eigenvalue weighted by Gasteiger charge is -2.36. The van der Waals surface area contributed by atoms with Crippen LogP contribution in [-0.4, -0.2) is 54.1 Å². The molecule has 26 heavy (non-hydrogen) atoms. The SMILES string of the molecule is CCCCN1CCc2nc(N3CCN(c4ccccc4)CC3)ncc2C1. The molecule has 2 aliphatic heterocycles. The Morgan fingerprint density at radius 1 is 0.962 bits per heavy atom. The van der Waals surface area contributed by atoms with Crippen LogP contribution < -0.4 is 9.80 Å². The van der Waals surface area contributed by atoms with E-state index in [1.807, 2.05) is 0 Å². The summed E-state index contributed by atoms with van der Waals surface area (Å²) in [7, 11) is 0. The number of hydrogen-bond donors (Lipinski definition) is 0. The molecule has 1 saturated heterocycles. The van der Waals surface area contributed by atoms with Crippen molar-refractivity contribution >= 4 is 11.6 Å². The lowest BCUT2D eigenvalue weighted by Crippen LogP contribution is -2.47. The van der Waals surface area contributed by atoms with Gasteiger partial charge < -0.3 is 9.80 Å². The molecule has 0 aliphatic carbocycles. The summed E-state index contributed by atoms with van der Waals surface area (Å²) in [5.74, 6) is 0.915. The van der Waals surface area contributed by atoms with E-state index in [2.05, 4.69) is 58.2 Å². The van der Waals surface area contributed by atoms with E-state index in [1.165, 1.54) is 36.3 Å². The zero-order valence-electron chi connectivity index (χ0n) is 15.8. The summed E-state index contributed by atoms with van der Waals surface area (Å²) >= 11 is 0. The lowest BCUT2D eigenvalue weighted by atomic mass is 10.1. The minimum absolute atomic E-state index is 0.915. The fourth-order valence-corrected chi connectivity index (χ4v) is 3.89. The summed E-state index contributed by atoms with van der Waals surface area (Å²) in [4.78, 5) is 16.9. The number of hydrogen-bond acceptors (Lipinski definition) is 5. The van der Waals surface area contributed by atoms with Gasteiger partial charge in [-0.15, -0.1) is 0 Å². The number of nitrogens with zero attached hydrogens (tertiary/aromatic N) is 5. The summed E-state index contributed by atoms with van der Waals surface area (Å²) in [6.07, 6.45) is 5.66. The molecular weight excluding hydrogens is 322 g/mol. The highest BCUT2D eigenvalue weighted by atomic mass is 15.3. The van der Waals surface area contributed by atoms with Gasteiger partial charge in [0, 0.05) is 63.1 Å². The number of benzene rings is 1. The molecule has 4 rings (SSSR count). The van der Waals surface area contributed by atoms with Crippen molar-refractivity contribution in [1.82, 2.24) is 14.9 Å². The van der Waals surface area contributed by atoms with E-state index in [4.69, 9.17) is 9.97 Å². The third-order valence-corrected chi connectivity index (χ3v) is 5.51. The molecule has 0 spiro atoms. The van der Waals surface area contributed by atoms with Crippen LogP contribution in [0.1, 0.15) is 31.0 Å². The van der Waals surface area contributed by atoms with Gasteiger partial charge in [-0.3, -0.25) is 4.90 Å². The van der Waals surface area contributed by atoms with Crippen molar-refractivity contribution in [3.8, 4) is 0 Å². The van der Waals surface area contributed by atoms with Gasteiger partial charge in [0.1, 0.15) is 0 Å². The van der Waals surface area contributed by atoms with Gasteiger partial charge in [0.25, 0.3) is 0 Å². The summed E-state index contributed by atoms with van der Waals surface area (Å²) in [5.41, 5.74) is 3.89. The highest BCUT2D eigenvalue weighted by Crippen LogP contribution is 2.21. The Morgan fingerprint density at radius 3 is 2.50 bits per heavy atom. The maximum absolute atomic E-state index is 4.92. The van der Waals surface area contributed by atoms with Crippen LogP contribution in [0.3, 0.4) is 0 Å². The lowest BCUT2D eigenvalue weighted by molar-refractivity contribution is 0.247.